The van der Waals surface area contributed by atoms with E-state index in [1.165, 1.54) is 24.3 Å². The number of aliphatic hydroxyl groups excluding tert-OH is 1. The molecule has 0 aliphatic carbocycles. The number of hydrogen-bond acceptors (Lipinski definition) is 5. The molecular formula is C17H18N2O5P+. The van der Waals surface area contributed by atoms with Gasteiger partial charge in [-0.1, -0.05) is 41.0 Å². The third-order valence-corrected chi connectivity index (χ3v) is 5.16. The molecule has 0 saturated carbocycles. The van der Waals surface area contributed by atoms with Crippen molar-refractivity contribution >= 4 is 25.4 Å². The lowest BCUT2D eigenvalue weighted by Crippen LogP contribution is -2.50. The minimum absolute atomic E-state index is 0.00460. The van der Waals surface area contributed by atoms with Gasteiger partial charge in [-0.2, -0.15) is 0 Å². The van der Waals surface area contributed by atoms with Crippen molar-refractivity contribution in [1.82, 2.24) is 0 Å². The summed E-state index contributed by atoms with van der Waals surface area (Å²) in [7, 11) is -2.45. The van der Waals surface area contributed by atoms with Crippen LogP contribution in [-0.2, 0) is 15.8 Å². The molecule has 0 aromatic heterocycles. The van der Waals surface area contributed by atoms with Crippen LogP contribution >= 0.6 is 7.80 Å². The highest BCUT2D eigenvalue weighted by atomic mass is 31.1. The molecule has 0 heterocycles. The maximum absolute atomic E-state index is 12.6. The minimum atomic E-state index is -2.45. The van der Waals surface area contributed by atoms with E-state index in [1.807, 2.05) is 0 Å². The topological polar surface area (TPSA) is 130 Å². The average Bonchev–Trinajstić information content (AvgIpc) is 2.61. The monoisotopic (exact) mass is 361 g/mol. The standard InChI is InChI=1S/C17H17N2O5P/c18-17(25(24)11-20,10-12-5-2-1-3-6-12)16(23)19-14-8-4-7-13(9-14)15(21)22/h1-9,20H,10-11,18H2,(H-,19,21,22,23)/p+1/t17-/m0/s1. The molecule has 0 saturated heterocycles. The van der Waals surface area contributed by atoms with E-state index in [-0.39, 0.29) is 17.7 Å². The van der Waals surface area contributed by atoms with E-state index in [0.717, 1.165) is 0 Å². The Kier molecular flexibility index (Phi) is 5.98. The van der Waals surface area contributed by atoms with Crippen LogP contribution in [-0.4, -0.2) is 33.7 Å². The summed E-state index contributed by atoms with van der Waals surface area (Å²) < 4.78 is 12.3. The predicted molar refractivity (Wildman–Crippen MR) is 93.8 cm³/mol. The van der Waals surface area contributed by atoms with Gasteiger partial charge in [0.25, 0.3) is 11.2 Å². The Hall–Kier alpha value is -2.60. The molecule has 5 N–H and O–H groups in total. The molecule has 7 nitrogen and oxygen atoms in total. The van der Waals surface area contributed by atoms with Crippen molar-refractivity contribution in [2.24, 2.45) is 5.73 Å². The van der Waals surface area contributed by atoms with Crippen LogP contribution in [0.15, 0.2) is 54.6 Å². The highest BCUT2D eigenvalue weighted by Gasteiger charge is 2.52. The zero-order valence-corrected chi connectivity index (χ0v) is 14.1. The predicted octanol–water partition coefficient (Wildman–Crippen LogP) is 2.00. The van der Waals surface area contributed by atoms with E-state index in [2.05, 4.69) is 5.32 Å². The van der Waals surface area contributed by atoms with Crippen molar-refractivity contribution in [3.8, 4) is 0 Å². The van der Waals surface area contributed by atoms with E-state index in [9.17, 15) is 19.3 Å². The largest absolute Gasteiger partial charge is 0.478 e. The number of carbonyl (C=O) groups excluding carboxylic acids is 1. The minimum Gasteiger partial charge on any atom is -0.478 e. The van der Waals surface area contributed by atoms with E-state index >= 15 is 0 Å². The third kappa shape index (κ3) is 4.48. The van der Waals surface area contributed by atoms with Gasteiger partial charge in [0.15, 0.2) is 0 Å². The molecule has 2 rings (SSSR count). The van der Waals surface area contributed by atoms with Crippen molar-refractivity contribution in [1.29, 1.82) is 0 Å². The number of carboxylic acid groups (broad SMARTS) is 1. The Labute approximate surface area is 145 Å². The number of nitrogens with one attached hydrogen (secondary N) is 1. The fraction of sp³-hybridized carbons (Fsp3) is 0.176. The first-order chi connectivity index (χ1) is 11.9. The van der Waals surface area contributed by atoms with Crippen LogP contribution in [0.3, 0.4) is 0 Å². The van der Waals surface area contributed by atoms with Crippen LogP contribution in [0.5, 0.6) is 0 Å². The highest BCUT2D eigenvalue weighted by Crippen LogP contribution is 2.37. The maximum Gasteiger partial charge on any atom is 0.398 e. The first kappa shape index (κ1) is 18.7. The van der Waals surface area contributed by atoms with Crippen LogP contribution in [0.4, 0.5) is 5.69 Å². The van der Waals surface area contributed by atoms with Crippen molar-refractivity contribution in [3.05, 3.63) is 65.7 Å². The zero-order valence-electron chi connectivity index (χ0n) is 13.3. The average molecular weight is 361 g/mol. The lowest BCUT2D eigenvalue weighted by molar-refractivity contribution is -0.118. The van der Waals surface area contributed by atoms with Gasteiger partial charge in [-0.15, -0.1) is 0 Å². The number of amides is 1. The smallest absolute Gasteiger partial charge is 0.398 e. The second kappa shape index (κ2) is 7.98. The van der Waals surface area contributed by atoms with Crippen LogP contribution in [0, 0.1) is 0 Å². The van der Waals surface area contributed by atoms with Crippen LogP contribution in [0.2, 0.25) is 0 Å². The number of aromatic carboxylic acids is 1. The fourth-order valence-electron chi connectivity index (χ4n) is 2.28. The van der Waals surface area contributed by atoms with Gasteiger partial charge in [-0.05, 0) is 23.8 Å². The van der Waals surface area contributed by atoms with Gasteiger partial charge in [0.2, 0.25) is 6.35 Å². The van der Waals surface area contributed by atoms with Gasteiger partial charge in [-0.3, -0.25) is 10.5 Å². The Morgan fingerprint density at radius 1 is 1.12 bits per heavy atom. The summed E-state index contributed by atoms with van der Waals surface area (Å²) >= 11 is 0. The highest BCUT2D eigenvalue weighted by molar-refractivity contribution is 7.47. The number of hydrogen-bond donors (Lipinski definition) is 4. The van der Waals surface area contributed by atoms with Crippen LogP contribution in [0.25, 0.3) is 0 Å². The number of rotatable bonds is 7. The molecule has 1 unspecified atom stereocenters. The quantitative estimate of drug-likeness (QED) is 0.558. The van der Waals surface area contributed by atoms with E-state index in [4.69, 9.17) is 10.8 Å². The molecule has 2 atom stereocenters. The fourth-order valence-corrected chi connectivity index (χ4v) is 3.18. The molecule has 0 fully saturated rings. The molecule has 0 aliphatic rings. The number of carboxylic acids is 1. The number of aliphatic hydroxyl groups is 1. The van der Waals surface area contributed by atoms with E-state index in [1.54, 1.807) is 30.3 Å². The normalized spacial score (nSPS) is 13.6. The lowest BCUT2D eigenvalue weighted by Gasteiger charge is -2.18. The van der Waals surface area contributed by atoms with Crippen LogP contribution in [0.1, 0.15) is 15.9 Å². The summed E-state index contributed by atoms with van der Waals surface area (Å²) in [4.78, 5) is 23.7. The van der Waals surface area contributed by atoms with Gasteiger partial charge in [0.1, 0.15) is 0 Å². The Bertz CT molecular complexity index is 797. The van der Waals surface area contributed by atoms with E-state index < -0.39 is 31.3 Å². The Balaban J connectivity index is 2.28. The first-order valence-corrected chi connectivity index (χ1v) is 8.84. The molecule has 2 aromatic carbocycles. The molecule has 0 spiro atoms. The molecule has 2 aromatic rings. The second-order valence-corrected chi connectivity index (χ2v) is 7.28. The van der Waals surface area contributed by atoms with Gasteiger partial charge in [0, 0.05) is 12.1 Å². The second-order valence-electron chi connectivity index (χ2n) is 5.45. The molecule has 0 bridgehead atoms. The molecular weight excluding hydrogens is 343 g/mol. The van der Waals surface area contributed by atoms with Crippen molar-refractivity contribution in [2.45, 2.75) is 11.7 Å². The zero-order chi connectivity index (χ0) is 18.4. The lowest BCUT2D eigenvalue weighted by atomic mass is 10.1. The molecule has 1 amide bonds. The molecule has 0 radical (unpaired) electrons. The molecule has 130 valence electrons. The van der Waals surface area contributed by atoms with Crippen LogP contribution < -0.4 is 11.1 Å². The maximum atomic E-state index is 12.6. The van der Waals surface area contributed by atoms with Crippen molar-refractivity contribution < 1.29 is 24.4 Å². The van der Waals surface area contributed by atoms with Crippen molar-refractivity contribution in [2.75, 3.05) is 11.7 Å². The summed E-state index contributed by atoms with van der Waals surface area (Å²) in [5.74, 6) is -1.89. The SMILES string of the molecule is N[C@](Cc1ccccc1)(C(=O)Nc1cccc(C(=O)O)c1)[P+](=O)CO. The van der Waals surface area contributed by atoms with Gasteiger partial charge in [-0.25, -0.2) is 4.79 Å². The van der Waals surface area contributed by atoms with Gasteiger partial charge >= 0.3 is 13.8 Å². The van der Waals surface area contributed by atoms with Crippen molar-refractivity contribution in [3.63, 3.8) is 0 Å². The number of anilines is 1. The Morgan fingerprint density at radius 2 is 1.80 bits per heavy atom. The summed E-state index contributed by atoms with van der Waals surface area (Å²) in [5, 5.41) is 18.9. The molecule has 25 heavy (non-hydrogen) atoms. The summed E-state index contributed by atoms with van der Waals surface area (Å²) in [6.07, 6.45) is -0.769. The van der Waals surface area contributed by atoms with E-state index in [0.29, 0.717) is 5.56 Å². The number of nitrogens with two attached hydrogens (primary N) is 1. The molecule has 0 aliphatic heterocycles. The third-order valence-electron chi connectivity index (χ3n) is 3.65. The van der Waals surface area contributed by atoms with Gasteiger partial charge < -0.3 is 15.5 Å². The summed E-state index contributed by atoms with van der Waals surface area (Å²) in [5.41, 5.74) is 7.00. The van der Waals surface area contributed by atoms with Gasteiger partial charge in [0.05, 0.1) is 5.56 Å². The molecule has 8 heteroatoms. The first-order valence-electron chi connectivity index (χ1n) is 7.40. The number of carbonyl (C=O) groups is 2. The Morgan fingerprint density at radius 3 is 2.40 bits per heavy atom. The summed E-state index contributed by atoms with van der Waals surface area (Å²) in [6, 6.07) is 14.4. The summed E-state index contributed by atoms with van der Waals surface area (Å²) in [6.45, 7) is 0. The number of benzene rings is 2.